The molecule has 27 heavy (non-hydrogen) atoms. The first-order chi connectivity index (χ1) is 13.0. The maximum atomic E-state index is 14.1. The number of nitrogens with one attached hydrogen (secondary N) is 1. The largest absolute Gasteiger partial charge is 0.481 e. The Balaban J connectivity index is 2.02. The van der Waals surface area contributed by atoms with Gasteiger partial charge in [0.2, 0.25) is 5.88 Å². The Morgan fingerprint density at radius 1 is 1.15 bits per heavy atom. The fourth-order valence-electron chi connectivity index (χ4n) is 3.35. The van der Waals surface area contributed by atoms with Crippen LogP contribution in [0.2, 0.25) is 0 Å². The lowest BCUT2D eigenvalue weighted by Gasteiger charge is -2.24. The van der Waals surface area contributed by atoms with Gasteiger partial charge in [-0.1, -0.05) is 38.1 Å². The molecule has 4 nitrogen and oxygen atoms in total. The quantitative estimate of drug-likeness (QED) is 0.654. The average Bonchev–Trinajstić information content (AvgIpc) is 2.68. The van der Waals surface area contributed by atoms with Crippen LogP contribution in [0.4, 0.5) is 4.39 Å². The lowest BCUT2D eigenvalue weighted by molar-refractivity contribution is 0.361. The Morgan fingerprint density at radius 2 is 1.96 bits per heavy atom. The third kappa shape index (κ3) is 4.10. The van der Waals surface area contributed by atoms with Crippen molar-refractivity contribution in [1.29, 1.82) is 0 Å². The van der Waals surface area contributed by atoms with Crippen molar-refractivity contribution >= 4 is 10.8 Å². The number of rotatable bonds is 7. The van der Waals surface area contributed by atoms with E-state index in [1.165, 1.54) is 6.07 Å². The first-order valence-electron chi connectivity index (χ1n) is 9.22. The zero-order chi connectivity index (χ0) is 19.4. The van der Waals surface area contributed by atoms with Crippen molar-refractivity contribution in [3.8, 4) is 17.1 Å². The number of aromatic nitrogens is 1. The van der Waals surface area contributed by atoms with E-state index in [4.69, 9.17) is 15.5 Å². The third-order valence-electron chi connectivity index (χ3n) is 4.72. The van der Waals surface area contributed by atoms with E-state index in [-0.39, 0.29) is 11.9 Å². The van der Waals surface area contributed by atoms with E-state index in [1.807, 2.05) is 36.4 Å². The van der Waals surface area contributed by atoms with Crippen molar-refractivity contribution in [3.63, 3.8) is 0 Å². The van der Waals surface area contributed by atoms with E-state index >= 15 is 0 Å². The number of pyridine rings is 1. The molecule has 3 N–H and O–H groups in total. The van der Waals surface area contributed by atoms with Crippen molar-refractivity contribution in [2.75, 3.05) is 20.2 Å². The number of nitrogens with zero attached hydrogens (tertiary/aromatic N) is 1. The highest BCUT2D eigenvalue weighted by molar-refractivity contribution is 5.87. The van der Waals surface area contributed by atoms with E-state index in [2.05, 4.69) is 19.2 Å². The van der Waals surface area contributed by atoms with Gasteiger partial charge in [-0.05, 0) is 35.6 Å². The Bertz CT molecular complexity index is 927. The molecule has 0 amide bonds. The minimum absolute atomic E-state index is 0.0964. The van der Waals surface area contributed by atoms with Gasteiger partial charge in [-0.25, -0.2) is 9.37 Å². The molecule has 1 aromatic heterocycles. The summed E-state index contributed by atoms with van der Waals surface area (Å²) in [6.07, 6.45) is 0. The predicted molar refractivity (Wildman–Crippen MR) is 108 cm³/mol. The van der Waals surface area contributed by atoms with Gasteiger partial charge in [0.25, 0.3) is 0 Å². The highest BCUT2D eigenvalue weighted by atomic mass is 19.1. The summed E-state index contributed by atoms with van der Waals surface area (Å²) in [7, 11) is 1.62. The van der Waals surface area contributed by atoms with Gasteiger partial charge >= 0.3 is 0 Å². The molecule has 0 spiro atoms. The maximum Gasteiger partial charge on any atom is 0.218 e. The SMILES string of the molecule is COc1nc(-c2ccc3cccc(F)c3c2)ccc1C(NCCN)C(C)C. The summed E-state index contributed by atoms with van der Waals surface area (Å²) in [4.78, 5) is 4.69. The molecular formula is C22H26FN3O. The number of halogens is 1. The van der Waals surface area contributed by atoms with Crippen LogP contribution >= 0.6 is 0 Å². The Morgan fingerprint density at radius 3 is 2.67 bits per heavy atom. The number of nitrogens with two attached hydrogens (primary N) is 1. The van der Waals surface area contributed by atoms with Crippen molar-refractivity contribution in [2.45, 2.75) is 19.9 Å². The van der Waals surface area contributed by atoms with E-state index in [0.717, 1.165) is 28.8 Å². The van der Waals surface area contributed by atoms with Crippen LogP contribution in [0.15, 0.2) is 48.5 Å². The van der Waals surface area contributed by atoms with Gasteiger partial charge < -0.3 is 15.8 Å². The molecule has 3 aromatic rings. The molecule has 1 heterocycles. The normalized spacial score (nSPS) is 12.5. The average molecular weight is 367 g/mol. The van der Waals surface area contributed by atoms with Gasteiger partial charge in [0.15, 0.2) is 0 Å². The Hall–Kier alpha value is -2.50. The van der Waals surface area contributed by atoms with E-state index < -0.39 is 0 Å². The van der Waals surface area contributed by atoms with E-state index in [1.54, 1.807) is 13.2 Å². The van der Waals surface area contributed by atoms with Gasteiger partial charge in [0.05, 0.1) is 12.8 Å². The summed E-state index contributed by atoms with van der Waals surface area (Å²) in [5.41, 5.74) is 8.25. The molecule has 0 aliphatic carbocycles. The molecule has 0 fully saturated rings. The summed E-state index contributed by atoms with van der Waals surface area (Å²) in [5.74, 6) is 0.695. The summed E-state index contributed by atoms with van der Waals surface area (Å²) in [6, 6.07) is 14.9. The molecule has 1 atom stereocenters. The minimum Gasteiger partial charge on any atom is -0.481 e. The summed E-state index contributed by atoms with van der Waals surface area (Å²) in [6.45, 7) is 5.58. The molecule has 0 aliphatic rings. The number of ether oxygens (including phenoxy) is 1. The zero-order valence-corrected chi connectivity index (χ0v) is 16.0. The standard InChI is InChI=1S/C22H26FN3O/c1-14(2)21(25-12-11-24)17-9-10-20(26-22(17)27-3)16-8-7-15-5-4-6-19(23)18(15)13-16/h4-10,13-14,21,25H,11-12,24H2,1-3H3. The number of hydrogen-bond acceptors (Lipinski definition) is 4. The minimum atomic E-state index is -0.233. The molecule has 1 unspecified atom stereocenters. The Labute approximate surface area is 159 Å². The number of methoxy groups -OCH3 is 1. The first-order valence-corrected chi connectivity index (χ1v) is 9.22. The molecule has 5 heteroatoms. The summed E-state index contributed by atoms with van der Waals surface area (Å²) in [5, 5.41) is 4.91. The van der Waals surface area contributed by atoms with Gasteiger partial charge in [-0.15, -0.1) is 0 Å². The second-order valence-corrected chi connectivity index (χ2v) is 6.94. The van der Waals surface area contributed by atoms with Crippen LogP contribution in [0.3, 0.4) is 0 Å². The van der Waals surface area contributed by atoms with E-state index in [0.29, 0.717) is 23.7 Å². The molecule has 142 valence electrons. The molecule has 2 aromatic carbocycles. The van der Waals surface area contributed by atoms with Crippen LogP contribution in [0.5, 0.6) is 5.88 Å². The van der Waals surface area contributed by atoms with Crippen molar-refractivity contribution < 1.29 is 9.13 Å². The second kappa shape index (κ2) is 8.46. The smallest absolute Gasteiger partial charge is 0.218 e. The second-order valence-electron chi connectivity index (χ2n) is 6.94. The van der Waals surface area contributed by atoms with Crippen LogP contribution in [-0.2, 0) is 0 Å². The molecular weight excluding hydrogens is 341 g/mol. The van der Waals surface area contributed by atoms with Crippen LogP contribution in [0.1, 0.15) is 25.5 Å². The highest BCUT2D eigenvalue weighted by Crippen LogP contribution is 2.32. The third-order valence-corrected chi connectivity index (χ3v) is 4.72. The first kappa shape index (κ1) is 19.3. The van der Waals surface area contributed by atoms with Gasteiger partial charge in [0, 0.05) is 35.6 Å². The number of benzene rings is 2. The topological polar surface area (TPSA) is 60.2 Å². The fraction of sp³-hybridized carbons (Fsp3) is 0.318. The lowest BCUT2D eigenvalue weighted by atomic mass is 9.95. The molecule has 0 radical (unpaired) electrons. The van der Waals surface area contributed by atoms with Crippen molar-refractivity contribution in [1.82, 2.24) is 10.3 Å². The molecule has 0 bridgehead atoms. The Kier molecular flexibility index (Phi) is 6.04. The molecule has 0 saturated heterocycles. The molecule has 0 saturated carbocycles. The highest BCUT2D eigenvalue weighted by Gasteiger charge is 2.20. The zero-order valence-electron chi connectivity index (χ0n) is 16.0. The molecule has 0 aliphatic heterocycles. The van der Waals surface area contributed by atoms with Crippen LogP contribution < -0.4 is 15.8 Å². The van der Waals surface area contributed by atoms with Gasteiger partial charge in [0.1, 0.15) is 5.82 Å². The van der Waals surface area contributed by atoms with Gasteiger partial charge in [-0.3, -0.25) is 0 Å². The number of fused-ring (bicyclic) bond motifs is 1. The number of hydrogen-bond donors (Lipinski definition) is 2. The predicted octanol–water partition coefficient (Wildman–Crippen LogP) is 4.29. The van der Waals surface area contributed by atoms with Crippen LogP contribution in [0, 0.1) is 11.7 Å². The molecule has 3 rings (SSSR count). The van der Waals surface area contributed by atoms with Gasteiger partial charge in [-0.2, -0.15) is 0 Å². The van der Waals surface area contributed by atoms with Crippen LogP contribution in [0.25, 0.3) is 22.0 Å². The summed E-state index contributed by atoms with van der Waals surface area (Å²) < 4.78 is 19.7. The fourth-order valence-corrected chi connectivity index (χ4v) is 3.35. The van der Waals surface area contributed by atoms with Crippen molar-refractivity contribution in [2.24, 2.45) is 11.7 Å². The maximum absolute atomic E-state index is 14.1. The van der Waals surface area contributed by atoms with Crippen molar-refractivity contribution in [3.05, 3.63) is 59.9 Å². The summed E-state index contributed by atoms with van der Waals surface area (Å²) >= 11 is 0. The lowest BCUT2D eigenvalue weighted by Crippen LogP contribution is -2.30. The van der Waals surface area contributed by atoms with E-state index in [9.17, 15) is 4.39 Å². The monoisotopic (exact) mass is 367 g/mol. The van der Waals surface area contributed by atoms with Crippen LogP contribution in [-0.4, -0.2) is 25.2 Å².